The third kappa shape index (κ3) is 3.29. The highest BCUT2D eigenvalue weighted by molar-refractivity contribution is 6.18. The second-order valence-corrected chi connectivity index (χ2v) is 6.64. The van der Waals surface area contributed by atoms with Crippen LogP contribution < -0.4 is 0 Å². The fraction of sp³-hybridized carbons (Fsp3) is 0.588. The lowest BCUT2D eigenvalue weighted by Crippen LogP contribution is -2.36. The van der Waals surface area contributed by atoms with Crippen molar-refractivity contribution in [3.8, 4) is 0 Å². The zero-order chi connectivity index (χ0) is 17.3. The maximum atomic E-state index is 12.1. The molecule has 1 heterocycles. The Morgan fingerprint density at radius 2 is 1.50 bits per heavy atom. The number of ketones is 2. The number of hydrogen-bond acceptors (Lipinski definition) is 6. The van der Waals surface area contributed by atoms with Gasteiger partial charge in [-0.3, -0.25) is 19.2 Å². The molecule has 0 spiro atoms. The fourth-order valence-corrected chi connectivity index (χ4v) is 3.56. The van der Waals surface area contributed by atoms with Crippen LogP contribution in [0.2, 0.25) is 0 Å². The molecule has 0 aromatic heterocycles. The number of nitrogens with zero attached hydrogens (tertiary/aromatic N) is 1. The van der Waals surface area contributed by atoms with Gasteiger partial charge in [0.05, 0.1) is 11.8 Å². The molecule has 7 nitrogen and oxygen atoms in total. The van der Waals surface area contributed by atoms with Gasteiger partial charge in [0.25, 0.3) is 11.8 Å². The van der Waals surface area contributed by atoms with Crippen LogP contribution in [0.15, 0.2) is 12.2 Å². The van der Waals surface area contributed by atoms with Gasteiger partial charge in [-0.15, -0.1) is 5.06 Å². The summed E-state index contributed by atoms with van der Waals surface area (Å²) in [4.78, 5) is 63.3. The van der Waals surface area contributed by atoms with E-state index >= 15 is 0 Å². The van der Waals surface area contributed by atoms with E-state index in [1.54, 1.807) is 0 Å². The average Bonchev–Trinajstić information content (AvgIpc) is 3.05. The Balaban J connectivity index is 1.47. The van der Waals surface area contributed by atoms with E-state index in [2.05, 4.69) is 0 Å². The highest BCUT2D eigenvalue weighted by atomic mass is 16.7. The Kier molecular flexibility index (Phi) is 4.59. The van der Waals surface area contributed by atoms with Crippen LogP contribution in [-0.4, -0.2) is 34.4 Å². The minimum Gasteiger partial charge on any atom is -0.330 e. The molecular formula is C17H19NO6. The van der Waals surface area contributed by atoms with E-state index in [9.17, 15) is 24.0 Å². The minimum absolute atomic E-state index is 0.0797. The third-order valence-electron chi connectivity index (χ3n) is 5.03. The average molecular weight is 333 g/mol. The topological polar surface area (TPSA) is 97.8 Å². The number of carbonyl (C=O) groups is 5. The van der Waals surface area contributed by atoms with Gasteiger partial charge < -0.3 is 4.84 Å². The minimum atomic E-state index is -0.557. The molecule has 0 unspecified atom stereocenters. The molecule has 128 valence electrons. The quantitative estimate of drug-likeness (QED) is 0.565. The highest BCUT2D eigenvalue weighted by Crippen LogP contribution is 2.35. The molecule has 0 aromatic rings. The Morgan fingerprint density at radius 1 is 0.958 bits per heavy atom. The van der Waals surface area contributed by atoms with E-state index in [-0.39, 0.29) is 36.2 Å². The van der Waals surface area contributed by atoms with Crippen LogP contribution in [0.4, 0.5) is 0 Å². The molecule has 24 heavy (non-hydrogen) atoms. The first kappa shape index (κ1) is 16.5. The van der Waals surface area contributed by atoms with Crippen molar-refractivity contribution < 1.29 is 28.8 Å². The summed E-state index contributed by atoms with van der Waals surface area (Å²) in [5.74, 6) is -2.46. The molecule has 7 heteroatoms. The molecule has 0 radical (unpaired) electrons. The Hall–Kier alpha value is -2.31. The molecule has 1 saturated carbocycles. The van der Waals surface area contributed by atoms with Gasteiger partial charge in [0, 0.05) is 12.8 Å². The van der Waals surface area contributed by atoms with E-state index in [1.165, 1.54) is 12.2 Å². The summed E-state index contributed by atoms with van der Waals surface area (Å²) in [6.07, 6.45) is 5.93. The lowest BCUT2D eigenvalue weighted by Gasteiger charge is -2.28. The smallest absolute Gasteiger partial charge is 0.330 e. The van der Waals surface area contributed by atoms with E-state index in [1.807, 2.05) is 0 Å². The zero-order valence-electron chi connectivity index (χ0n) is 13.2. The van der Waals surface area contributed by atoms with Gasteiger partial charge in [-0.2, -0.15) is 0 Å². The van der Waals surface area contributed by atoms with Crippen molar-refractivity contribution >= 4 is 29.4 Å². The lowest BCUT2D eigenvalue weighted by atomic mass is 9.77. The monoisotopic (exact) mass is 333 g/mol. The van der Waals surface area contributed by atoms with E-state index in [4.69, 9.17) is 4.84 Å². The number of allylic oxidation sites excluding steroid dienone is 2. The number of rotatable bonds is 4. The lowest BCUT2D eigenvalue weighted by molar-refractivity contribution is -0.201. The molecule has 3 rings (SSSR count). The van der Waals surface area contributed by atoms with Crippen molar-refractivity contribution in [3.05, 3.63) is 12.2 Å². The summed E-state index contributed by atoms with van der Waals surface area (Å²) in [6, 6.07) is 0. The van der Waals surface area contributed by atoms with E-state index in [0.717, 1.165) is 12.8 Å². The van der Waals surface area contributed by atoms with Crippen LogP contribution >= 0.6 is 0 Å². The SMILES string of the molecule is O=C(ON1C(=O)CCC1=O)C1CCC(CC2C(=O)C=CC2=O)CC1. The molecule has 2 aliphatic carbocycles. The molecular weight excluding hydrogens is 314 g/mol. The Bertz CT molecular complexity index is 595. The van der Waals surface area contributed by atoms with Crippen LogP contribution in [0, 0.1) is 17.8 Å². The summed E-state index contributed by atoms with van der Waals surface area (Å²) in [5, 5.41) is 0.579. The first-order valence-electron chi connectivity index (χ1n) is 8.29. The van der Waals surface area contributed by atoms with E-state index in [0.29, 0.717) is 24.3 Å². The second-order valence-electron chi connectivity index (χ2n) is 6.64. The normalized spacial score (nSPS) is 28.1. The van der Waals surface area contributed by atoms with Crippen LogP contribution in [-0.2, 0) is 28.8 Å². The second kappa shape index (κ2) is 6.67. The molecule has 2 amide bonds. The first-order chi connectivity index (χ1) is 11.5. The molecule has 0 aromatic carbocycles. The van der Waals surface area contributed by atoms with Crippen molar-refractivity contribution in [3.63, 3.8) is 0 Å². The molecule has 0 bridgehead atoms. The maximum Gasteiger partial charge on any atom is 0.336 e. The van der Waals surface area contributed by atoms with Crippen molar-refractivity contribution in [1.82, 2.24) is 5.06 Å². The van der Waals surface area contributed by atoms with Gasteiger partial charge in [0.15, 0.2) is 11.6 Å². The number of amides is 2. The fourth-order valence-electron chi connectivity index (χ4n) is 3.56. The summed E-state index contributed by atoms with van der Waals surface area (Å²) in [6.45, 7) is 0. The van der Waals surface area contributed by atoms with Gasteiger partial charge >= 0.3 is 5.97 Å². The first-order valence-corrected chi connectivity index (χ1v) is 8.29. The van der Waals surface area contributed by atoms with Gasteiger partial charge in [-0.05, 0) is 50.2 Å². The molecule has 2 fully saturated rings. The summed E-state index contributed by atoms with van der Waals surface area (Å²) >= 11 is 0. The zero-order valence-corrected chi connectivity index (χ0v) is 13.2. The number of imide groups is 1. The summed E-state index contributed by atoms with van der Waals surface area (Å²) in [5.41, 5.74) is 0. The van der Waals surface area contributed by atoms with Gasteiger partial charge in [0.1, 0.15) is 0 Å². The van der Waals surface area contributed by atoms with Gasteiger partial charge in [-0.25, -0.2) is 4.79 Å². The largest absolute Gasteiger partial charge is 0.336 e. The van der Waals surface area contributed by atoms with Gasteiger partial charge in [0.2, 0.25) is 0 Å². The third-order valence-corrected chi connectivity index (χ3v) is 5.03. The van der Waals surface area contributed by atoms with Crippen molar-refractivity contribution in [2.75, 3.05) is 0 Å². The maximum absolute atomic E-state index is 12.1. The number of hydrogen-bond donors (Lipinski definition) is 0. The van der Waals surface area contributed by atoms with Crippen LogP contribution in [0.25, 0.3) is 0 Å². The van der Waals surface area contributed by atoms with Crippen molar-refractivity contribution in [2.45, 2.75) is 44.9 Å². The Morgan fingerprint density at radius 3 is 2.04 bits per heavy atom. The predicted molar refractivity (Wildman–Crippen MR) is 79.9 cm³/mol. The summed E-state index contributed by atoms with van der Waals surface area (Å²) < 4.78 is 0. The van der Waals surface area contributed by atoms with Crippen LogP contribution in [0.5, 0.6) is 0 Å². The predicted octanol–water partition coefficient (Wildman–Crippen LogP) is 1.11. The molecule has 1 aliphatic heterocycles. The van der Waals surface area contributed by atoms with E-state index < -0.39 is 23.7 Å². The Labute approximate surface area is 139 Å². The van der Waals surface area contributed by atoms with Crippen LogP contribution in [0.3, 0.4) is 0 Å². The molecule has 0 atom stereocenters. The van der Waals surface area contributed by atoms with Crippen molar-refractivity contribution in [2.24, 2.45) is 17.8 Å². The van der Waals surface area contributed by atoms with Crippen LogP contribution in [0.1, 0.15) is 44.9 Å². The molecule has 0 N–H and O–H groups in total. The summed E-state index contributed by atoms with van der Waals surface area (Å²) in [7, 11) is 0. The standard InChI is InChI=1S/C17H19NO6/c19-13-5-6-14(20)12(13)9-10-1-3-11(4-2-10)17(23)24-18-15(21)7-8-16(18)22/h5-6,10-12H,1-4,7-9H2. The number of carbonyl (C=O) groups excluding carboxylic acids is 5. The van der Waals surface area contributed by atoms with Gasteiger partial charge in [-0.1, -0.05) is 0 Å². The molecule has 3 aliphatic rings. The highest BCUT2D eigenvalue weighted by Gasteiger charge is 2.37. The number of hydroxylamine groups is 2. The molecule has 1 saturated heterocycles. The van der Waals surface area contributed by atoms with Crippen molar-refractivity contribution in [1.29, 1.82) is 0 Å².